The molecular weight excluding hydrogens is 356 g/mol. The van der Waals surface area contributed by atoms with Crippen molar-refractivity contribution in [2.75, 3.05) is 5.75 Å². The summed E-state index contributed by atoms with van der Waals surface area (Å²) in [6.07, 6.45) is 10.4. The standard InChI is InChI=1S/C22H26N2O2S/c25-21(15-27-20-9-8-17-4-3-5-18(17)13-20)24-14-16-10-11-23-22(12-16)26-19-6-1-2-7-19/h8-13,19H,1-7,14-15H2,(H,24,25). The molecule has 0 atom stereocenters. The van der Waals surface area contributed by atoms with Gasteiger partial charge in [0.1, 0.15) is 6.10 Å². The number of pyridine rings is 1. The van der Waals surface area contributed by atoms with Crippen molar-refractivity contribution < 1.29 is 9.53 Å². The summed E-state index contributed by atoms with van der Waals surface area (Å²) in [6.45, 7) is 0.507. The number of thioether (sulfide) groups is 1. The lowest BCUT2D eigenvalue weighted by molar-refractivity contribution is -0.118. The summed E-state index contributed by atoms with van der Waals surface area (Å²) < 4.78 is 5.94. The second-order valence-corrected chi connectivity index (χ2v) is 8.42. The molecular formula is C22H26N2O2S. The molecule has 0 aliphatic heterocycles. The zero-order valence-corrected chi connectivity index (χ0v) is 16.4. The molecule has 1 aromatic heterocycles. The molecule has 27 heavy (non-hydrogen) atoms. The first-order valence-electron chi connectivity index (χ1n) is 9.89. The first kappa shape index (κ1) is 18.4. The summed E-state index contributed by atoms with van der Waals surface area (Å²) in [5, 5.41) is 3.00. The summed E-state index contributed by atoms with van der Waals surface area (Å²) in [6, 6.07) is 10.5. The molecule has 1 fully saturated rings. The topological polar surface area (TPSA) is 51.2 Å². The third-order valence-electron chi connectivity index (χ3n) is 5.32. The van der Waals surface area contributed by atoms with Gasteiger partial charge in [-0.25, -0.2) is 4.98 Å². The number of hydrogen-bond donors (Lipinski definition) is 1. The molecule has 0 bridgehead atoms. The largest absolute Gasteiger partial charge is 0.474 e. The van der Waals surface area contributed by atoms with E-state index in [1.165, 1.54) is 48.1 Å². The van der Waals surface area contributed by atoms with Crippen molar-refractivity contribution in [1.82, 2.24) is 10.3 Å². The highest BCUT2D eigenvalue weighted by molar-refractivity contribution is 8.00. The molecule has 1 aromatic carbocycles. The van der Waals surface area contributed by atoms with Gasteiger partial charge in [-0.15, -0.1) is 11.8 Å². The summed E-state index contributed by atoms with van der Waals surface area (Å²) in [5.74, 6) is 1.16. The van der Waals surface area contributed by atoms with E-state index in [1.807, 2.05) is 12.1 Å². The van der Waals surface area contributed by atoms with Crippen LogP contribution in [0.25, 0.3) is 0 Å². The fourth-order valence-electron chi connectivity index (χ4n) is 3.84. The van der Waals surface area contributed by atoms with Crippen molar-refractivity contribution in [3.63, 3.8) is 0 Å². The third kappa shape index (κ3) is 5.04. The minimum atomic E-state index is 0.0515. The van der Waals surface area contributed by atoms with E-state index in [0.717, 1.165) is 18.4 Å². The number of rotatable bonds is 7. The Morgan fingerprint density at radius 3 is 2.85 bits per heavy atom. The van der Waals surface area contributed by atoms with E-state index in [9.17, 15) is 4.79 Å². The molecule has 0 spiro atoms. The summed E-state index contributed by atoms with van der Waals surface area (Å²) in [7, 11) is 0. The van der Waals surface area contributed by atoms with Crippen molar-refractivity contribution in [3.05, 3.63) is 53.2 Å². The number of fused-ring (bicyclic) bond motifs is 1. The molecule has 2 aliphatic carbocycles. The van der Waals surface area contributed by atoms with Gasteiger partial charge in [-0.1, -0.05) is 6.07 Å². The minimum Gasteiger partial charge on any atom is -0.474 e. The maximum Gasteiger partial charge on any atom is 0.230 e. The fourth-order valence-corrected chi connectivity index (χ4v) is 4.63. The van der Waals surface area contributed by atoms with E-state index < -0.39 is 0 Å². The van der Waals surface area contributed by atoms with Gasteiger partial charge < -0.3 is 10.1 Å². The molecule has 4 rings (SSSR count). The third-order valence-corrected chi connectivity index (χ3v) is 6.31. The average Bonchev–Trinajstić information content (AvgIpc) is 3.36. The lowest BCUT2D eigenvalue weighted by Gasteiger charge is -2.13. The van der Waals surface area contributed by atoms with Crippen LogP contribution in [0.5, 0.6) is 5.88 Å². The molecule has 4 nitrogen and oxygen atoms in total. The number of hydrogen-bond acceptors (Lipinski definition) is 4. The zero-order chi connectivity index (χ0) is 18.5. The van der Waals surface area contributed by atoms with E-state index in [4.69, 9.17) is 4.74 Å². The maximum absolute atomic E-state index is 12.2. The Labute approximate surface area is 165 Å². The zero-order valence-electron chi connectivity index (χ0n) is 15.6. The van der Waals surface area contributed by atoms with Crippen LogP contribution >= 0.6 is 11.8 Å². The predicted molar refractivity (Wildman–Crippen MR) is 108 cm³/mol. The van der Waals surface area contributed by atoms with Crippen LogP contribution in [-0.2, 0) is 24.2 Å². The van der Waals surface area contributed by atoms with Crippen LogP contribution in [0.4, 0.5) is 0 Å². The van der Waals surface area contributed by atoms with Gasteiger partial charge in [0.2, 0.25) is 11.8 Å². The van der Waals surface area contributed by atoms with E-state index in [2.05, 4.69) is 28.5 Å². The van der Waals surface area contributed by atoms with Crippen LogP contribution in [-0.4, -0.2) is 22.7 Å². The first-order valence-corrected chi connectivity index (χ1v) is 10.9. The first-order chi connectivity index (χ1) is 13.3. The van der Waals surface area contributed by atoms with E-state index in [1.54, 1.807) is 18.0 Å². The van der Waals surface area contributed by atoms with Gasteiger partial charge in [0.05, 0.1) is 5.75 Å². The van der Waals surface area contributed by atoms with Crippen LogP contribution < -0.4 is 10.1 Å². The highest BCUT2D eigenvalue weighted by Gasteiger charge is 2.17. The normalized spacial score (nSPS) is 16.3. The lowest BCUT2D eigenvalue weighted by atomic mass is 10.1. The molecule has 1 heterocycles. The Balaban J connectivity index is 1.24. The Hall–Kier alpha value is -2.01. The van der Waals surface area contributed by atoms with Crippen LogP contribution in [0.15, 0.2) is 41.4 Å². The van der Waals surface area contributed by atoms with E-state index >= 15 is 0 Å². The molecule has 2 aromatic rings. The Morgan fingerprint density at radius 2 is 1.96 bits per heavy atom. The van der Waals surface area contributed by atoms with Crippen molar-refractivity contribution in [1.29, 1.82) is 0 Å². The number of benzene rings is 1. The van der Waals surface area contributed by atoms with Crippen LogP contribution in [0.1, 0.15) is 48.8 Å². The SMILES string of the molecule is O=C(CSc1ccc2c(c1)CCC2)NCc1ccnc(OC2CCCC2)c1. The van der Waals surface area contributed by atoms with Crippen molar-refractivity contribution in [3.8, 4) is 5.88 Å². The minimum absolute atomic E-state index is 0.0515. The maximum atomic E-state index is 12.2. The average molecular weight is 383 g/mol. The van der Waals surface area contributed by atoms with Gasteiger partial charge >= 0.3 is 0 Å². The highest BCUT2D eigenvalue weighted by atomic mass is 32.2. The smallest absolute Gasteiger partial charge is 0.230 e. The number of carbonyl (C=O) groups is 1. The quantitative estimate of drug-likeness (QED) is 0.726. The van der Waals surface area contributed by atoms with E-state index in [0.29, 0.717) is 24.3 Å². The second-order valence-electron chi connectivity index (χ2n) is 7.38. The van der Waals surface area contributed by atoms with Crippen molar-refractivity contribution >= 4 is 17.7 Å². The molecule has 142 valence electrons. The van der Waals surface area contributed by atoms with Gasteiger partial charge in [-0.3, -0.25) is 4.79 Å². The van der Waals surface area contributed by atoms with Crippen molar-refractivity contribution in [2.45, 2.75) is 62.5 Å². The number of aryl methyl sites for hydroxylation is 2. The van der Waals surface area contributed by atoms with Gasteiger partial charge in [0, 0.05) is 23.7 Å². The van der Waals surface area contributed by atoms with Gasteiger partial charge in [0.25, 0.3) is 0 Å². The van der Waals surface area contributed by atoms with Crippen molar-refractivity contribution in [2.24, 2.45) is 0 Å². The highest BCUT2D eigenvalue weighted by Crippen LogP contribution is 2.27. The molecule has 2 aliphatic rings. The molecule has 1 amide bonds. The van der Waals surface area contributed by atoms with Gasteiger partial charge in [0.15, 0.2) is 0 Å². The lowest BCUT2D eigenvalue weighted by Crippen LogP contribution is -2.24. The molecule has 0 saturated heterocycles. The van der Waals surface area contributed by atoms with Gasteiger partial charge in [-0.05, 0) is 79.8 Å². The van der Waals surface area contributed by atoms with Crippen LogP contribution in [0, 0.1) is 0 Å². The molecule has 1 saturated carbocycles. The summed E-state index contributed by atoms with van der Waals surface area (Å²) >= 11 is 1.61. The monoisotopic (exact) mass is 382 g/mol. The summed E-state index contributed by atoms with van der Waals surface area (Å²) in [5.41, 5.74) is 3.94. The van der Waals surface area contributed by atoms with Crippen LogP contribution in [0.2, 0.25) is 0 Å². The number of aromatic nitrogens is 1. The predicted octanol–water partition coefficient (Wildman–Crippen LogP) is 4.30. The Bertz CT molecular complexity index is 803. The number of nitrogens with one attached hydrogen (secondary N) is 1. The second kappa shape index (κ2) is 8.79. The molecule has 0 radical (unpaired) electrons. The Morgan fingerprint density at radius 1 is 1.11 bits per heavy atom. The number of amides is 1. The molecule has 0 unspecified atom stereocenters. The molecule has 1 N–H and O–H groups in total. The fraction of sp³-hybridized carbons (Fsp3) is 0.455. The van der Waals surface area contributed by atoms with E-state index in [-0.39, 0.29) is 5.91 Å². The Kier molecular flexibility index (Phi) is 5.97. The number of ether oxygens (including phenoxy) is 1. The van der Waals surface area contributed by atoms with Gasteiger partial charge in [-0.2, -0.15) is 0 Å². The molecule has 5 heteroatoms. The number of carbonyl (C=O) groups excluding carboxylic acids is 1. The number of nitrogens with zero attached hydrogens (tertiary/aromatic N) is 1. The summed E-state index contributed by atoms with van der Waals surface area (Å²) in [4.78, 5) is 17.7. The van der Waals surface area contributed by atoms with Crippen LogP contribution in [0.3, 0.4) is 0 Å².